The Bertz CT molecular complexity index is 1090. The number of imide groups is 1. The summed E-state index contributed by atoms with van der Waals surface area (Å²) >= 11 is 2.74. The van der Waals surface area contributed by atoms with Crippen LogP contribution in [0.2, 0.25) is 0 Å². The lowest BCUT2D eigenvalue weighted by Crippen LogP contribution is -2.36. The zero-order valence-corrected chi connectivity index (χ0v) is 18.4. The van der Waals surface area contributed by atoms with Crippen LogP contribution in [0.3, 0.4) is 0 Å². The molecule has 0 spiro atoms. The fourth-order valence-corrected chi connectivity index (χ4v) is 4.24. The lowest BCUT2D eigenvalue weighted by atomic mass is 10.2. The van der Waals surface area contributed by atoms with Crippen LogP contribution in [0, 0.1) is 3.57 Å². The van der Waals surface area contributed by atoms with E-state index in [1.54, 1.807) is 36.4 Å². The van der Waals surface area contributed by atoms with Crippen LogP contribution in [-0.2, 0) is 9.59 Å². The number of fused-ring (bicyclic) bond motifs is 1. The van der Waals surface area contributed by atoms with Crippen LogP contribution in [0.1, 0.15) is 5.56 Å². The van der Waals surface area contributed by atoms with Crippen LogP contribution in [-0.4, -0.2) is 46.8 Å². The van der Waals surface area contributed by atoms with E-state index in [-0.39, 0.29) is 10.7 Å². The van der Waals surface area contributed by atoms with E-state index < -0.39 is 23.6 Å². The molecule has 8 nitrogen and oxygen atoms in total. The van der Waals surface area contributed by atoms with E-state index in [1.807, 2.05) is 22.6 Å². The van der Waals surface area contributed by atoms with Crippen LogP contribution < -0.4 is 14.8 Å². The fourth-order valence-electron chi connectivity index (χ4n) is 2.87. The van der Waals surface area contributed by atoms with Gasteiger partial charge in [0.25, 0.3) is 11.1 Å². The average Bonchev–Trinajstić information content (AvgIpc) is 2.98. The number of halogens is 1. The summed E-state index contributed by atoms with van der Waals surface area (Å²) < 4.78 is 11.5. The average molecular weight is 538 g/mol. The van der Waals surface area contributed by atoms with Gasteiger partial charge in [0, 0.05) is 11.8 Å². The third-order valence-electron chi connectivity index (χ3n) is 4.27. The Kier molecular flexibility index (Phi) is 5.86. The van der Waals surface area contributed by atoms with Gasteiger partial charge in [0.2, 0.25) is 5.91 Å². The van der Waals surface area contributed by atoms with Crippen molar-refractivity contribution in [3.63, 3.8) is 0 Å². The Labute approximate surface area is 189 Å². The molecule has 2 N–H and O–H groups in total. The molecule has 2 aliphatic rings. The van der Waals surface area contributed by atoms with Crippen molar-refractivity contribution in [1.82, 2.24) is 4.90 Å². The monoisotopic (exact) mass is 538 g/mol. The number of nitrogens with zero attached hydrogens (tertiary/aromatic N) is 1. The number of ether oxygens (including phenoxy) is 2. The maximum Gasteiger partial charge on any atom is 0.294 e. The highest BCUT2D eigenvalue weighted by Crippen LogP contribution is 2.34. The molecule has 10 heteroatoms. The number of carbonyl (C=O) groups excluding carboxylic acids is 3. The molecule has 30 heavy (non-hydrogen) atoms. The minimum absolute atomic E-state index is 0.136. The molecule has 0 unspecified atom stereocenters. The highest BCUT2D eigenvalue weighted by molar-refractivity contribution is 14.1. The van der Waals surface area contributed by atoms with E-state index in [0.717, 1.165) is 16.7 Å². The van der Waals surface area contributed by atoms with Crippen molar-refractivity contribution < 1.29 is 29.0 Å². The predicted octanol–water partition coefficient (Wildman–Crippen LogP) is 3.44. The highest BCUT2D eigenvalue weighted by atomic mass is 127. The molecule has 3 amide bonds. The maximum atomic E-state index is 12.6. The molecular formula is C20H15IN2O6S. The zero-order chi connectivity index (χ0) is 21.3. The molecule has 0 aliphatic carbocycles. The summed E-state index contributed by atoms with van der Waals surface area (Å²) in [6, 6.07) is 9.82. The first-order chi connectivity index (χ1) is 14.4. The SMILES string of the molecule is O=C(CN1C(=O)S/C(=C\c2ccc(O)c(I)c2)C1=O)Nc1ccc2c(c1)OCCO2. The number of aromatic hydroxyl groups is 1. The molecule has 154 valence electrons. The van der Waals surface area contributed by atoms with Crippen LogP contribution in [0.5, 0.6) is 17.2 Å². The molecule has 0 aromatic heterocycles. The Morgan fingerprint density at radius 2 is 1.93 bits per heavy atom. The van der Waals surface area contributed by atoms with Crippen molar-refractivity contribution in [1.29, 1.82) is 0 Å². The van der Waals surface area contributed by atoms with E-state index >= 15 is 0 Å². The van der Waals surface area contributed by atoms with E-state index in [9.17, 15) is 19.5 Å². The summed E-state index contributed by atoms with van der Waals surface area (Å²) in [5, 5.41) is 11.7. The van der Waals surface area contributed by atoms with E-state index in [2.05, 4.69) is 5.32 Å². The first kappa shape index (κ1) is 20.5. The zero-order valence-electron chi connectivity index (χ0n) is 15.4. The van der Waals surface area contributed by atoms with Gasteiger partial charge >= 0.3 is 0 Å². The first-order valence-corrected chi connectivity index (χ1v) is 10.7. The molecule has 4 rings (SSSR count). The molecule has 0 bridgehead atoms. The van der Waals surface area contributed by atoms with Gasteiger partial charge in [-0.05, 0) is 70.3 Å². The maximum absolute atomic E-state index is 12.6. The third-order valence-corrected chi connectivity index (χ3v) is 6.04. The normalized spacial score (nSPS) is 16.8. The summed E-state index contributed by atoms with van der Waals surface area (Å²) in [6.07, 6.45) is 1.56. The van der Waals surface area contributed by atoms with Crippen molar-refractivity contribution >= 4 is 63.2 Å². The molecule has 1 fully saturated rings. The van der Waals surface area contributed by atoms with Gasteiger partial charge in [0.15, 0.2) is 11.5 Å². The second-order valence-electron chi connectivity index (χ2n) is 6.39. The van der Waals surface area contributed by atoms with Gasteiger partial charge in [0.1, 0.15) is 25.5 Å². The number of nitrogens with one attached hydrogen (secondary N) is 1. The molecule has 2 aromatic rings. The van der Waals surface area contributed by atoms with Crippen LogP contribution in [0.15, 0.2) is 41.3 Å². The van der Waals surface area contributed by atoms with Gasteiger partial charge in [-0.25, -0.2) is 0 Å². The Morgan fingerprint density at radius 3 is 2.70 bits per heavy atom. The molecule has 0 atom stereocenters. The molecule has 2 aromatic carbocycles. The number of amides is 3. The predicted molar refractivity (Wildman–Crippen MR) is 120 cm³/mol. The van der Waals surface area contributed by atoms with Gasteiger partial charge in [-0.15, -0.1) is 0 Å². The fraction of sp³-hybridized carbons (Fsp3) is 0.150. The topological polar surface area (TPSA) is 105 Å². The number of rotatable bonds is 4. The van der Waals surface area contributed by atoms with Gasteiger partial charge in [-0.1, -0.05) is 6.07 Å². The summed E-state index contributed by atoms with van der Waals surface area (Å²) in [4.78, 5) is 38.4. The molecule has 2 heterocycles. The number of thioether (sulfide) groups is 1. The number of benzene rings is 2. The highest BCUT2D eigenvalue weighted by Gasteiger charge is 2.36. The van der Waals surface area contributed by atoms with Gasteiger partial charge in [0.05, 0.1) is 8.48 Å². The van der Waals surface area contributed by atoms with E-state index in [1.165, 1.54) is 6.07 Å². The van der Waals surface area contributed by atoms with Crippen molar-refractivity contribution in [3.05, 3.63) is 50.4 Å². The molecular weight excluding hydrogens is 523 g/mol. The van der Waals surface area contributed by atoms with Gasteiger partial charge < -0.3 is 19.9 Å². The van der Waals surface area contributed by atoms with Crippen molar-refractivity contribution in [2.75, 3.05) is 25.1 Å². The summed E-state index contributed by atoms with van der Waals surface area (Å²) in [6.45, 7) is 0.492. The largest absolute Gasteiger partial charge is 0.507 e. The lowest BCUT2D eigenvalue weighted by Gasteiger charge is -2.19. The Balaban J connectivity index is 1.43. The number of carbonyl (C=O) groups is 3. The van der Waals surface area contributed by atoms with Gasteiger partial charge in [-0.2, -0.15) is 0 Å². The third kappa shape index (κ3) is 4.38. The lowest BCUT2D eigenvalue weighted by molar-refractivity contribution is -0.127. The summed E-state index contributed by atoms with van der Waals surface area (Å²) in [5.41, 5.74) is 1.15. The second-order valence-corrected chi connectivity index (χ2v) is 8.54. The smallest absolute Gasteiger partial charge is 0.294 e. The molecule has 1 saturated heterocycles. The summed E-state index contributed by atoms with van der Waals surface area (Å²) in [5.74, 6) is 0.215. The minimum atomic E-state index is -0.537. The van der Waals surface area contributed by atoms with E-state index in [0.29, 0.717) is 39.5 Å². The quantitative estimate of drug-likeness (QED) is 0.454. The van der Waals surface area contributed by atoms with Crippen LogP contribution in [0.4, 0.5) is 10.5 Å². The number of hydrogen-bond acceptors (Lipinski definition) is 7. The number of phenols is 1. The van der Waals surface area contributed by atoms with Crippen LogP contribution in [0.25, 0.3) is 6.08 Å². The Hall–Kier alpha value is -2.73. The number of phenolic OH excluding ortho intramolecular Hbond substituents is 1. The minimum Gasteiger partial charge on any atom is -0.507 e. The first-order valence-electron chi connectivity index (χ1n) is 8.84. The molecule has 0 saturated carbocycles. The van der Waals surface area contributed by atoms with Crippen molar-refractivity contribution in [2.45, 2.75) is 0 Å². The van der Waals surface area contributed by atoms with Crippen molar-refractivity contribution in [2.24, 2.45) is 0 Å². The molecule has 2 aliphatic heterocycles. The van der Waals surface area contributed by atoms with Gasteiger partial charge in [-0.3, -0.25) is 19.3 Å². The van der Waals surface area contributed by atoms with Crippen molar-refractivity contribution in [3.8, 4) is 17.2 Å². The number of hydrogen-bond donors (Lipinski definition) is 2. The standard InChI is InChI=1S/C20H15IN2O6S/c21-13-7-11(1-3-14(13)24)8-17-19(26)23(20(27)30-17)10-18(25)22-12-2-4-15-16(9-12)29-6-5-28-15/h1-4,7-9,24H,5-6,10H2,(H,22,25)/b17-8-. The second kappa shape index (κ2) is 8.56. The van der Waals surface area contributed by atoms with E-state index in [4.69, 9.17) is 9.47 Å². The Morgan fingerprint density at radius 1 is 1.17 bits per heavy atom. The number of anilines is 1. The van der Waals surface area contributed by atoms with Crippen LogP contribution >= 0.6 is 34.4 Å². The summed E-state index contributed by atoms with van der Waals surface area (Å²) in [7, 11) is 0. The molecule has 0 radical (unpaired) electrons.